The second-order valence-corrected chi connectivity index (χ2v) is 12.2. The molecule has 0 saturated carbocycles. The summed E-state index contributed by atoms with van der Waals surface area (Å²) in [7, 11) is 4.55. The number of nitrogens with zero attached hydrogens (tertiary/aromatic N) is 4. The molecule has 0 bridgehead atoms. The summed E-state index contributed by atoms with van der Waals surface area (Å²) in [5, 5.41) is 14.8. The highest BCUT2D eigenvalue weighted by Gasteiger charge is 2.28. The number of amides is 2. The number of anilines is 1. The van der Waals surface area contributed by atoms with Gasteiger partial charge in [-0.2, -0.15) is 0 Å². The van der Waals surface area contributed by atoms with Crippen LogP contribution in [-0.4, -0.2) is 64.4 Å². The van der Waals surface area contributed by atoms with Crippen molar-refractivity contribution in [2.24, 2.45) is 5.92 Å². The summed E-state index contributed by atoms with van der Waals surface area (Å²) in [5.41, 5.74) is 3.22. The highest BCUT2D eigenvalue weighted by molar-refractivity contribution is 7.99. The molecule has 0 radical (unpaired) electrons. The van der Waals surface area contributed by atoms with Crippen molar-refractivity contribution in [3.05, 3.63) is 31.8 Å². The molecular weight excluding hydrogens is 531 g/mol. The zero-order valence-electron chi connectivity index (χ0n) is 21.8. The average Bonchev–Trinajstić information content (AvgIpc) is 3.56. The molecule has 0 fully saturated rings. The van der Waals surface area contributed by atoms with Gasteiger partial charge >= 0.3 is 5.97 Å². The van der Waals surface area contributed by atoms with Crippen LogP contribution in [0.25, 0.3) is 11.4 Å². The number of fused-ring (bicyclic) bond motifs is 1. The molecule has 198 valence electrons. The molecule has 0 saturated heterocycles. The van der Waals surface area contributed by atoms with E-state index < -0.39 is 5.97 Å². The van der Waals surface area contributed by atoms with Crippen molar-refractivity contribution in [3.8, 4) is 11.4 Å². The summed E-state index contributed by atoms with van der Waals surface area (Å²) < 4.78 is 6.94. The molecule has 12 heteroatoms. The minimum Gasteiger partial charge on any atom is -0.465 e. The highest BCUT2D eigenvalue weighted by Crippen LogP contribution is 2.38. The van der Waals surface area contributed by atoms with Gasteiger partial charge in [-0.05, 0) is 50.2 Å². The van der Waals surface area contributed by atoms with E-state index in [1.54, 1.807) is 32.4 Å². The summed E-state index contributed by atoms with van der Waals surface area (Å²) in [4.78, 5) is 41.1. The number of thiophene rings is 2. The van der Waals surface area contributed by atoms with Crippen molar-refractivity contribution in [3.63, 3.8) is 0 Å². The fourth-order valence-corrected chi connectivity index (χ4v) is 7.67. The minimum absolute atomic E-state index is 0.0753. The summed E-state index contributed by atoms with van der Waals surface area (Å²) in [6, 6.07) is 0. The molecule has 4 rings (SSSR count). The van der Waals surface area contributed by atoms with E-state index in [0.717, 1.165) is 35.6 Å². The number of hydrogen-bond donors (Lipinski definition) is 1. The molecule has 1 atom stereocenters. The normalized spacial score (nSPS) is 14.8. The quantitative estimate of drug-likeness (QED) is 0.313. The number of hydrogen-bond acceptors (Lipinski definition) is 9. The Hall–Kier alpha value is -2.70. The smallest absolute Gasteiger partial charge is 0.341 e. The SMILES string of the molecule is CCn1c(SCC(=O)Nc2sc(C(=O)N(C)C)c(C)c2C(=O)OC)nnc1-c1csc2c1CCC(C)C2. The molecule has 0 spiro atoms. The van der Waals surface area contributed by atoms with Crippen LogP contribution in [0.1, 0.15) is 56.3 Å². The van der Waals surface area contributed by atoms with E-state index in [0.29, 0.717) is 33.1 Å². The topological polar surface area (TPSA) is 106 Å². The summed E-state index contributed by atoms with van der Waals surface area (Å²) in [5.74, 6) is 0.470. The molecule has 3 heterocycles. The second kappa shape index (κ2) is 11.4. The number of carbonyl (C=O) groups is 3. The zero-order valence-corrected chi connectivity index (χ0v) is 24.3. The van der Waals surface area contributed by atoms with Crippen LogP contribution in [0.4, 0.5) is 5.00 Å². The number of esters is 1. The lowest BCUT2D eigenvalue weighted by Crippen LogP contribution is -2.21. The predicted molar refractivity (Wildman–Crippen MR) is 148 cm³/mol. The van der Waals surface area contributed by atoms with E-state index in [4.69, 9.17) is 4.74 Å². The first-order valence-electron chi connectivity index (χ1n) is 12.0. The van der Waals surface area contributed by atoms with Gasteiger partial charge < -0.3 is 19.5 Å². The maximum absolute atomic E-state index is 12.9. The van der Waals surface area contributed by atoms with Gasteiger partial charge in [0.15, 0.2) is 11.0 Å². The first-order chi connectivity index (χ1) is 17.7. The fourth-order valence-electron chi connectivity index (χ4n) is 4.39. The van der Waals surface area contributed by atoms with Gasteiger partial charge in [0.05, 0.1) is 23.3 Å². The van der Waals surface area contributed by atoms with E-state index in [1.807, 2.05) is 11.5 Å². The van der Waals surface area contributed by atoms with Crippen molar-refractivity contribution < 1.29 is 19.1 Å². The van der Waals surface area contributed by atoms with E-state index in [1.165, 1.54) is 40.6 Å². The van der Waals surface area contributed by atoms with Crippen LogP contribution in [0.3, 0.4) is 0 Å². The van der Waals surface area contributed by atoms with Crippen LogP contribution in [0.15, 0.2) is 10.5 Å². The van der Waals surface area contributed by atoms with Crippen LogP contribution in [0.5, 0.6) is 0 Å². The average molecular weight is 562 g/mol. The largest absolute Gasteiger partial charge is 0.465 e. The van der Waals surface area contributed by atoms with Crippen molar-refractivity contribution >= 4 is 57.2 Å². The first-order valence-corrected chi connectivity index (χ1v) is 14.7. The van der Waals surface area contributed by atoms with E-state index >= 15 is 0 Å². The van der Waals surface area contributed by atoms with Gasteiger partial charge in [0.25, 0.3) is 5.91 Å². The minimum atomic E-state index is -0.599. The van der Waals surface area contributed by atoms with Crippen molar-refractivity contribution in [2.75, 3.05) is 32.3 Å². The molecule has 37 heavy (non-hydrogen) atoms. The van der Waals surface area contributed by atoms with Gasteiger partial charge in [0.1, 0.15) is 5.00 Å². The Morgan fingerprint density at radius 3 is 2.73 bits per heavy atom. The maximum atomic E-state index is 12.9. The molecule has 3 aromatic heterocycles. The number of carbonyl (C=O) groups excluding carboxylic acids is 3. The standard InChI is InChI=1S/C25H31N5O4S3/c1-7-30-21(16-11-35-17-10-13(2)8-9-15(16)17)27-28-25(30)36-12-18(31)26-22-19(24(33)34-6)14(3)20(37-22)23(32)29(4)5/h11,13H,7-10,12H2,1-6H3,(H,26,31). The fraction of sp³-hybridized carbons (Fsp3) is 0.480. The highest BCUT2D eigenvalue weighted by atomic mass is 32.2. The third-order valence-corrected chi connectivity index (χ3v) is 9.61. The number of rotatable bonds is 8. The summed E-state index contributed by atoms with van der Waals surface area (Å²) in [6.07, 6.45) is 3.34. The van der Waals surface area contributed by atoms with E-state index in [2.05, 4.69) is 27.8 Å². The zero-order chi connectivity index (χ0) is 26.9. The van der Waals surface area contributed by atoms with Gasteiger partial charge in [0, 0.05) is 36.5 Å². The summed E-state index contributed by atoms with van der Waals surface area (Å²) >= 11 is 4.16. The van der Waals surface area contributed by atoms with Crippen LogP contribution < -0.4 is 5.32 Å². The molecule has 0 aromatic carbocycles. The molecule has 9 nitrogen and oxygen atoms in total. The van der Waals surface area contributed by atoms with Crippen molar-refractivity contribution in [1.82, 2.24) is 19.7 Å². The summed E-state index contributed by atoms with van der Waals surface area (Å²) in [6.45, 7) is 6.69. The third kappa shape index (κ3) is 5.46. The molecule has 1 unspecified atom stereocenters. The van der Waals surface area contributed by atoms with Crippen molar-refractivity contribution in [2.45, 2.75) is 51.7 Å². The van der Waals surface area contributed by atoms with Gasteiger partial charge in [-0.3, -0.25) is 9.59 Å². The number of nitrogens with one attached hydrogen (secondary N) is 1. The lowest BCUT2D eigenvalue weighted by atomic mass is 9.88. The molecular formula is C25H31N5O4S3. The number of thioether (sulfide) groups is 1. The Labute approximate surface area is 228 Å². The molecule has 1 aliphatic rings. The maximum Gasteiger partial charge on any atom is 0.341 e. The molecule has 1 N–H and O–H groups in total. The molecule has 3 aromatic rings. The monoisotopic (exact) mass is 561 g/mol. The Morgan fingerprint density at radius 1 is 1.30 bits per heavy atom. The second-order valence-electron chi connectivity index (χ2n) is 9.24. The number of ether oxygens (including phenoxy) is 1. The van der Waals surface area contributed by atoms with Gasteiger partial charge in [-0.15, -0.1) is 32.9 Å². The predicted octanol–water partition coefficient (Wildman–Crippen LogP) is 4.74. The van der Waals surface area contributed by atoms with Crippen LogP contribution in [-0.2, 0) is 28.9 Å². The van der Waals surface area contributed by atoms with Crippen molar-refractivity contribution in [1.29, 1.82) is 0 Å². The van der Waals surface area contributed by atoms with Crippen LogP contribution >= 0.6 is 34.4 Å². The number of aromatic nitrogens is 3. The van der Waals surface area contributed by atoms with E-state index in [-0.39, 0.29) is 23.1 Å². The lowest BCUT2D eigenvalue weighted by molar-refractivity contribution is -0.113. The Morgan fingerprint density at radius 2 is 2.05 bits per heavy atom. The van der Waals surface area contributed by atoms with Gasteiger partial charge in [-0.25, -0.2) is 4.79 Å². The number of methoxy groups -OCH3 is 1. The van der Waals surface area contributed by atoms with Gasteiger partial charge in [-0.1, -0.05) is 18.7 Å². The first kappa shape index (κ1) is 27.3. The molecule has 1 aliphatic carbocycles. The van der Waals surface area contributed by atoms with E-state index in [9.17, 15) is 14.4 Å². The Balaban J connectivity index is 1.51. The Bertz CT molecular complexity index is 1340. The third-order valence-electron chi connectivity index (χ3n) is 6.40. The van der Waals surface area contributed by atoms with Crippen LogP contribution in [0, 0.1) is 12.8 Å². The molecule has 2 amide bonds. The lowest BCUT2D eigenvalue weighted by Gasteiger charge is -2.19. The Kier molecular flexibility index (Phi) is 8.39. The van der Waals surface area contributed by atoms with Crippen LogP contribution in [0.2, 0.25) is 0 Å². The van der Waals surface area contributed by atoms with Gasteiger partial charge in [0.2, 0.25) is 5.91 Å². The molecule has 0 aliphatic heterocycles.